The van der Waals surface area contributed by atoms with Gasteiger partial charge >= 0.3 is 6.01 Å². The number of nitrogens with zero attached hydrogens (tertiary/aromatic N) is 2. The van der Waals surface area contributed by atoms with Gasteiger partial charge in [-0.3, -0.25) is 4.79 Å². The zero-order chi connectivity index (χ0) is 15.9. The largest absolute Gasteiger partial charge is 0.459 e. The van der Waals surface area contributed by atoms with E-state index in [9.17, 15) is 4.79 Å². The number of nitrogens with two attached hydrogens (primary N) is 1. The van der Waals surface area contributed by atoms with Crippen molar-refractivity contribution in [2.45, 2.75) is 27.0 Å². The second-order valence-corrected chi connectivity index (χ2v) is 5.24. The molecule has 6 nitrogen and oxygen atoms in total. The molecule has 0 saturated carbocycles. The molecule has 0 spiro atoms. The van der Waals surface area contributed by atoms with E-state index in [2.05, 4.69) is 15.3 Å². The molecule has 0 atom stereocenters. The molecule has 2 aromatic rings. The second kappa shape index (κ2) is 7.40. The number of hydrogen-bond acceptors (Lipinski definition) is 5. The maximum atomic E-state index is 11.5. The molecule has 0 unspecified atom stereocenters. The highest BCUT2D eigenvalue weighted by molar-refractivity contribution is 5.77. The summed E-state index contributed by atoms with van der Waals surface area (Å²) in [5.41, 5.74) is 7.59. The molecule has 3 N–H and O–H groups in total. The van der Waals surface area contributed by atoms with E-state index >= 15 is 0 Å². The Morgan fingerprint density at radius 1 is 1.23 bits per heavy atom. The van der Waals surface area contributed by atoms with Crippen molar-refractivity contribution in [2.75, 3.05) is 5.73 Å². The van der Waals surface area contributed by atoms with Crippen molar-refractivity contribution >= 4 is 11.7 Å². The van der Waals surface area contributed by atoms with Crippen molar-refractivity contribution < 1.29 is 9.53 Å². The first-order valence-corrected chi connectivity index (χ1v) is 7.11. The molecule has 0 saturated heterocycles. The summed E-state index contributed by atoms with van der Waals surface area (Å²) in [7, 11) is 0. The first kappa shape index (κ1) is 15.8. The molecule has 6 heteroatoms. The van der Waals surface area contributed by atoms with Gasteiger partial charge in [0.15, 0.2) is 0 Å². The molecule has 0 bridgehead atoms. The van der Waals surface area contributed by atoms with Gasteiger partial charge in [0.05, 0.1) is 0 Å². The molecule has 1 heterocycles. The van der Waals surface area contributed by atoms with Crippen LogP contribution in [0, 0.1) is 5.92 Å². The fourth-order valence-electron chi connectivity index (χ4n) is 1.72. The third-order valence-electron chi connectivity index (χ3n) is 3.04. The van der Waals surface area contributed by atoms with Crippen molar-refractivity contribution in [2.24, 2.45) is 5.92 Å². The Labute approximate surface area is 129 Å². The number of benzene rings is 1. The lowest BCUT2D eigenvalue weighted by Gasteiger charge is -2.09. The number of aromatic nitrogens is 2. The lowest BCUT2D eigenvalue weighted by Crippen LogP contribution is -2.27. The Morgan fingerprint density at radius 2 is 1.91 bits per heavy atom. The van der Waals surface area contributed by atoms with E-state index < -0.39 is 0 Å². The quantitative estimate of drug-likeness (QED) is 0.850. The smallest absolute Gasteiger partial charge is 0.318 e. The minimum atomic E-state index is -0.00835. The monoisotopic (exact) mass is 300 g/mol. The Balaban J connectivity index is 1.85. The summed E-state index contributed by atoms with van der Waals surface area (Å²) in [5, 5.41) is 2.88. The van der Waals surface area contributed by atoms with Gasteiger partial charge in [-0.15, -0.1) is 0 Å². The lowest BCUT2D eigenvalue weighted by atomic mass is 10.1. The van der Waals surface area contributed by atoms with Crippen LogP contribution in [-0.4, -0.2) is 15.9 Å². The number of ether oxygens (including phenoxy) is 1. The van der Waals surface area contributed by atoms with Crippen LogP contribution in [0.25, 0.3) is 0 Å². The summed E-state index contributed by atoms with van der Waals surface area (Å²) < 4.78 is 5.47. The summed E-state index contributed by atoms with van der Waals surface area (Å²) in [6.07, 6.45) is 1.55. The van der Waals surface area contributed by atoms with Crippen LogP contribution in [-0.2, 0) is 17.9 Å². The van der Waals surface area contributed by atoms with E-state index in [1.807, 2.05) is 38.1 Å². The van der Waals surface area contributed by atoms with Crippen LogP contribution in [0.3, 0.4) is 0 Å². The topological polar surface area (TPSA) is 90.1 Å². The fraction of sp³-hybridized carbons (Fsp3) is 0.312. The molecule has 2 rings (SSSR count). The molecule has 1 aromatic carbocycles. The highest BCUT2D eigenvalue weighted by Crippen LogP contribution is 2.09. The molecule has 0 aliphatic heterocycles. The van der Waals surface area contributed by atoms with Gasteiger partial charge in [-0.2, -0.15) is 4.98 Å². The number of rotatable bonds is 6. The van der Waals surface area contributed by atoms with E-state index in [0.29, 0.717) is 19.0 Å². The average molecular weight is 300 g/mol. The Bertz CT molecular complexity index is 626. The van der Waals surface area contributed by atoms with Gasteiger partial charge in [-0.1, -0.05) is 38.1 Å². The molecule has 1 aromatic heterocycles. The Morgan fingerprint density at radius 3 is 2.55 bits per heavy atom. The number of nitrogens with one attached hydrogen (secondary N) is 1. The Hall–Kier alpha value is -2.63. The number of hydrogen-bond donors (Lipinski definition) is 2. The van der Waals surface area contributed by atoms with Gasteiger partial charge in [0, 0.05) is 18.7 Å². The number of amides is 1. The van der Waals surface area contributed by atoms with Gasteiger partial charge in [0.25, 0.3) is 0 Å². The summed E-state index contributed by atoms with van der Waals surface area (Å²) in [4.78, 5) is 19.5. The summed E-state index contributed by atoms with van der Waals surface area (Å²) in [6.45, 7) is 4.63. The first-order chi connectivity index (χ1) is 10.5. The zero-order valence-corrected chi connectivity index (χ0v) is 12.7. The van der Waals surface area contributed by atoms with Crippen LogP contribution >= 0.6 is 0 Å². The molecule has 0 aliphatic carbocycles. The number of carbonyl (C=O) groups is 1. The van der Waals surface area contributed by atoms with Gasteiger partial charge in [0.1, 0.15) is 12.4 Å². The molecule has 0 radical (unpaired) electrons. The normalized spacial score (nSPS) is 10.5. The molecule has 22 heavy (non-hydrogen) atoms. The molecular formula is C16H20N4O2. The maximum absolute atomic E-state index is 11.5. The predicted molar refractivity (Wildman–Crippen MR) is 83.9 cm³/mol. The SMILES string of the molecule is CC(C)C(=O)NCc1ccc(COc2nccc(N)n2)cc1. The lowest BCUT2D eigenvalue weighted by molar-refractivity contribution is -0.124. The third kappa shape index (κ3) is 4.73. The van der Waals surface area contributed by atoms with Gasteiger partial charge in [-0.05, 0) is 17.2 Å². The number of nitrogen functional groups attached to an aromatic ring is 1. The van der Waals surface area contributed by atoms with E-state index in [-0.39, 0.29) is 17.8 Å². The van der Waals surface area contributed by atoms with Crippen LogP contribution in [0.4, 0.5) is 5.82 Å². The van der Waals surface area contributed by atoms with Crippen LogP contribution in [0.1, 0.15) is 25.0 Å². The summed E-state index contributed by atoms with van der Waals surface area (Å²) in [6, 6.07) is 9.67. The van der Waals surface area contributed by atoms with Crippen molar-refractivity contribution in [3.63, 3.8) is 0 Å². The average Bonchev–Trinajstić information content (AvgIpc) is 2.51. The molecule has 0 fully saturated rings. The predicted octanol–water partition coefficient (Wildman–Crippen LogP) is 1.91. The zero-order valence-electron chi connectivity index (χ0n) is 12.7. The standard InChI is InChI=1S/C16H20N4O2/c1-11(2)15(21)19-9-12-3-5-13(6-4-12)10-22-16-18-8-7-14(17)20-16/h3-8,11H,9-10H2,1-2H3,(H,19,21)(H2,17,18,20). The van der Waals surface area contributed by atoms with Gasteiger partial charge in [0.2, 0.25) is 5.91 Å². The van der Waals surface area contributed by atoms with E-state index in [1.54, 1.807) is 12.3 Å². The number of carbonyl (C=O) groups excluding carboxylic acids is 1. The number of anilines is 1. The molecule has 1 amide bonds. The summed E-state index contributed by atoms with van der Waals surface area (Å²) >= 11 is 0. The minimum Gasteiger partial charge on any atom is -0.459 e. The van der Waals surface area contributed by atoms with E-state index in [0.717, 1.165) is 11.1 Å². The maximum Gasteiger partial charge on any atom is 0.318 e. The van der Waals surface area contributed by atoms with Crippen molar-refractivity contribution in [3.05, 3.63) is 47.7 Å². The van der Waals surface area contributed by atoms with Gasteiger partial charge < -0.3 is 15.8 Å². The van der Waals surface area contributed by atoms with Crippen LogP contribution in [0.2, 0.25) is 0 Å². The van der Waals surface area contributed by atoms with E-state index in [1.165, 1.54) is 0 Å². The molecular weight excluding hydrogens is 280 g/mol. The fourth-order valence-corrected chi connectivity index (χ4v) is 1.72. The van der Waals surface area contributed by atoms with Crippen LogP contribution < -0.4 is 15.8 Å². The highest BCUT2D eigenvalue weighted by Gasteiger charge is 2.06. The summed E-state index contributed by atoms with van der Waals surface area (Å²) in [5.74, 6) is 0.415. The molecule has 116 valence electrons. The van der Waals surface area contributed by atoms with E-state index in [4.69, 9.17) is 10.5 Å². The van der Waals surface area contributed by atoms with Crippen molar-refractivity contribution in [1.82, 2.24) is 15.3 Å². The first-order valence-electron chi connectivity index (χ1n) is 7.11. The van der Waals surface area contributed by atoms with Crippen molar-refractivity contribution in [3.8, 4) is 6.01 Å². The third-order valence-corrected chi connectivity index (χ3v) is 3.04. The minimum absolute atomic E-state index is 0.00835. The van der Waals surface area contributed by atoms with Crippen molar-refractivity contribution in [1.29, 1.82) is 0 Å². The molecule has 0 aliphatic rings. The Kier molecular flexibility index (Phi) is 5.30. The van der Waals surface area contributed by atoms with Gasteiger partial charge in [-0.25, -0.2) is 4.98 Å². The second-order valence-electron chi connectivity index (χ2n) is 5.24. The van der Waals surface area contributed by atoms with Crippen LogP contribution in [0.5, 0.6) is 6.01 Å². The van der Waals surface area contributed by atoms with Crippen LogP contribution in [0.15, 0.2) is 36.5 Å². The highest BCUT2D eigenvalue weighted by atomic mass is 16.5.